The number of benzene rings is 5. The van der Waals surface area contributed by atoms with Gasteiger partial charge in [0.05, 0.1) is 18.2 Å². The van der Waals surface area contributed by atoms with Crippen molar-refractivity contribution in [2.24, 2.45) is 28.8 Å². The van der Waals surface area contributed by atoms with Crippen LogP contribution < -0.4 is 9.47 Å². The van der Waals surface area contributed by atoms with Crippen molar-refractivity contribution in [2.75, 3.05) is 26.4 Å². The SMILES string of the molecule is C=CCO[C@@]12Oc3ccc(Oc4ccc(-c5ccccc5)cc4)cc3[C@H]3[C@H](CCCCO)[C@@H](CCCCO)C=C(C(=NOCC)C[C@@H]1N(Cc1cccc4ccccc14)C(=O)C1CC1)[C@H]32. The number of carbonyl (C=O) groups is 1. The Hall–Kier alpha value is -5.74. The monoisotopic (exact) mass is 874 g/mol. The molecule has 0 aromatic heterocycles. The fourth-order valence-electron chi connectivity index (χ4n) is 10.9. The van der Waals surface area contributed by atoms with Crippen molar-refractivity contribution < 1.29 is 34.1 Å². The Kier molecular flexibility index (Phi) is 13.8. The number of fused-ring (bicyclic) bond motifs is 3. The fourth-order valence-corrected chi connectivity index (χ4v) is 10.9. The topological polar surface area (TPSA) is 110 Å². The third-order valence-electron chi connectivity index (χ3n) is 14.0. The van der Waals surface area contributed by atoms with Crippen molar-refractivity contribution in [2.45, 2.75) is 89.0 Å². The quantitative estimate of drug-likeness (QED) is 0.0455. The molecule has 2 saturated carbocycles. The number of rotatable bonds is 20. The summed E-state index contributed by atoms with van der Waals surface area (Å²) >= 11 is 0. The van der Waals surface area contributed by atoms with Crippen molar-refractivity contribution >= 4 is 22.4 Å². The molecule has 1 amide bonds. The van der Waals surface area contributed by atoms with E-state index in [0.29, 0.717) is 43.9 Å². The molecule has 65 heavy (non-hydrogen) atoms. The van der Waals surface area contributed by atoms with Gasteiger partial charge in [-0.2, -0.15) is 0 Å². The number of carbonyl (C=O) groups excluding carboxylic acids is 1. The number of unbranched alkanes of at least 4 members (excludes halogenated alkanes) is 2. The van der Waals surface area contributed by atoms with E-state index < -0.39 is 17.7 Å². The summed E-state index contributed by atoms with van der Waals surface area (Å²) in [7, 11) is 0. The maximum absolute atomic E-state index is 15.1. The smallest absolute Gasteiger partial charge is 0.239 e. The largest absolute Gasteiger partial charge is 0.459 e. The van der Waals surface area contributed by atoms with Gasteiger partial charge < -0.3 is 34.2 Å². The number of aliphatic hydroxyl groups is 2. The summed E-state index contributed by atoms with van der Waals surface area (Å²) in [6.45, 7) is 7.26. The third kappa shape index (κ3) is 9.24. The molecule has 1 aliphatic heterocycles. The zero-order valence-corrected chi connectivity index (χ0v) is 37.5. The lowest BCUT2D eigenvalue weighted by atomic mass is 9.55. The maximum Gasteiger partial charge on any atom is 0.239 e. The summed E-state index contributed by atoms with van der Waals surface area (Å²) < 4.78 is 21.4. The highest BCUT2D eigenvalue weighted by atomic mass is 16.7. The Morgan fingerprint density at radius 2 is 1.58 bits per heavy atom. The number of hydrogen-bond acceptors (Lipinski definition) is 8. The molecule has 4 aliphatic rings. The minimum Gasteiger partial charge on any atom is -0.459 e. The van der Waals surface area contributed by atoms with E-state index in [-0.39, 0.29) is 49.4 Å². The van der Waals surface area contributed by atoms with Gasteiger partial charge in [0.1, 0.15) is 29.9 Å². The predicted octanol–water partition coefficient (Wildman–Crippen LogP) is 11.4. The van der Waals surface area contributed by atoms with Gasteiger partial charge >= 0.3 is 0 Å². The maximum atomic E-state index is 15.1. The van der Waals surface area contributed by atoms with Gasteiger partial charge in [-0.1, -0.05) is 115 Å². The Balaban J connectivity index is 1.21. The molecule has 0 saturated heterocycles. The average Bonchev–Trinajstić information content (AvgIpc) is 4.20. The molecule has 5 aromatic carbocycles. The second kappa shape index (κ2) is 20.2. The van der Waals surface area contributed by atoms with Crippen LogP contribution in [0, 0.1) is 23.7 Å². The van der Waals surface area contributed by atoms with Gasteiger partial charge in [0.2, 0.25) is 11.7 Å². The van der Waals surface area contributed by atoms with Crippen LogP contribution in [0.3, 0.4) is 0 Å². The number of aliphatic hydroxyl groups excluding tert-OH is 2. The van der Waals surface area contributed by atoms with Gasteiger partial charge in [0, 0.05) is 43.6 Å². The second-order valence-corrected chi connectivity index (χ2v) is 18.1. The molecule has 1 heterocycles. The van der Waals surface area contributed by atoms with E-state index in [1.165, 1.54) is 0 Å². The first-order valence-electron chi connectivity index (χ1n) is 23.8. The van der Waals surface area contributed by atoms with Gasteiger partial charge in [-0.15, -0.1) is 6.58 Å². The van der Waals surface area contributed by atoms with Crippen LogP contribution in [0.1, 0.15) is 81.8 Å². The van der Waals surface area contributed by atoms with Crippen molar-refractivity contribution in [3.63, 3.8) is 0 Å². The highest BCUT2D eigenvalue weighted by molar-refractivity contribution is 6.03. The minimum absolute atomic E-state index is 0.0766. The number of nitrogens with zero attached hydrogens (tertiary/aromatic N) is 2. The van der Waals surface area contributed by atoms with E-state index in [1.54, 1.807) is 6.08 Å². The predicted molar refractivity (Wildman–Crippen MR) is 256 cm³/mol. The number of oxime groups is 1. The molecule has 0 bridgehead atoms. The molecule has 0 unspecified atom stereocenters. The molecule has 9 rings (SSSR count). The zero-order chi connectivity index (χ0) is 44.8. The van der Waals surface area contributed by atoms with Crippen LogP contribution >= 0.6 is 0 Å². The summed E-state index contributed by atoms with van der Waals surface area (Å²) in [4.78, 5) is 23.1. The standard InChI is InChI=1S/C56H62N2O7/c1-3-33-62-56-52(58(55(61)41-23-24-41)37-43-20-14-19-40-17-8-9-21-46(40)43)36-50(57-63-4-2)48-34-42(18-10-12-31-59)47(22-11-13-32-60)53(54(48)56)49-35-45(29-30-51(49)65-56)64-44-27-25-39(26-28-44)38-15-6-5-7-16-38/h3,5-9,14-17,19-21,25-30,34-35,41-42,47,52-54,59-60H,1,4,10-13,18,22-24,31-33,36-37H2,2H3/t42-,47+,52-,53+,54+,56+/m0/s1. The van der Waals surface area contributed by atoms with Gasteiger partial charge in [0.25, 0.3) is 0 Å². The van der Waals surface area contributed by atoms with Crippen molar-refractivity contribution in [3.05, 3.63) is 151 Å². The average molecular weight is 875 g/mol. The molecular weight excluding hydrogens is 813 g/mol. The lowest BCUT2D eigenvalue weighted by Crippen LogP contribution is -2.70. The number of ether oxygens (including phenoxy) is 3. The Morgan fingerprint density at radius 1 is 0.862 bits per heavy atom. The molecule has 338 valence electrons. The number of allylic oxidation sites excluding steroid dienone is 1. The highest BCUT2D eigenvalue weighted by Crippen LogP contribution is 2.62. The molecule has 5 aromatic rings. The molecule has 3 aliphatic carbocycles. The summed E-state index contributed by atoms with van der Waals surface area (Å²) in [6.07, 6.45) is 11.0. The lowest BCUT2D eigenvalue weighted by Gasteiger charge is -2.60. The summed E-state index contributed by atoms with van der Waals surface area (Å²) in [5.41, 5.74) is 6.15. The van der Waals surface area contributed by atoms with Crippen LogP contribution in [0.5, 0.6) is 17.2 Å². The van der Waals surface area contributed by atoms with Crippen LogP contribution in [0.15, 0.2) is 145 Å². The lowest BCUT2D eigenvalue weighted by molar-refractivity contribution is -0.258. The first-order valence-corrected chi connectivity index (χ1v) is 23.8. The van der Waals surface area contributed by atoms with Gasteiger partial charge in [-0.3, -0.25) is 4.79 Å². The van der Waals surface area contributed by atoms with Gasteiger partial charge in [-0.05, 0) is 121 Å². The summed E-state index contributed by atoms with van der Waals surface area (Å²) in [5.74, 6) is 0.465. The van der Waals surface area contributed by atoms with Crippen LogP contribution in [0.4, 0.5) is 0 Å². The molecule has 0 spiro atoms. The van der Waals surface area contributed by atoms with E-state index in [0.717, 1.165) is 88.6 Å². The van der Waals surface area contributed by atoms with E-state index in [9.17, 15) is 10.2 Å². The first kappa shape index (κ1) is 44.5. The van der Waals surface area contributed by atoms with Crippen molar-refractivity contribution in [1.29, 1.82) is 0 Å². The van der Waals surface area contributed by atoms with Crippen LogP contribution in [0.2, 0.25) is 0 Å². The normalized spacial score (nSPS) is 23.8. The highest BCUT2D eigenvalue weighted by Gasteiger charge is 2.66. The van der Waals surface area contributed by atoms with E-state index in [4.69, 9.17) is 24.2 Å². The summed E-state index contributed by atoms with van der Waals surface area (Å²) in [6, 6.07) is 38.7. The van der Waals surface area contributed by atoms with Crippen LogP contribution in [-0.2, 0) is 20.9 Å². The molecule has 2 N–H and O–H groups in total. The second-order valence-electron chi connectivity index (χ2n) is 18.1. The van der Waals surface area contributed by atoms with E-state index in [2.05, 4.69) is 79.4 Å². The molecule has 9 nitrogen and oxygen atoms in total. The van der Waals surface area contributed by atoms with Gasteiger partial charge in [-0.25, -0.2) is 0 Å². The summed E-state index contributed by atoms with van der Waals surface area (Å²) in [5, 5.41) is 27.2. The first-order chi connectivity index (χ1) is 32.0. The van der Waals surface area contributed by atoms with E-state index >= 15 is 4.79 Å². The Morgan fingerprint density at radius 3 is 2.34 bits per heavy atom. The van der Waals surface area contributed by atoms with Crippen molar-refractivity contribution in [1.82, 2.24) is 4.90 Å². The molecular formula is C56H62N2O7. The molecule has 2 fully saturated rings. The van der Waals surface area contributed by atoms with Gasteiger partial charge in [0.15, 0.2) is 0 Å². The van der Waals surface area contributed by atoms with Crippen LogP contribution in [0.25, 0.3) is 21.9 Å². The molecule has 9 heteroatoms. The minimum atomic E-state index is -1.33. The molecule has 6 atom stereocenters. The third-order valence-corrected chi connectivity index (χ3v) is 14.0. The molecule has 0 radical (unpaired) electrons. The van der Waals surface area contributed by atoms with E-state index in [1.807, 2.05) is 60.4 Å². The number of amides is 1. The number of hydrogen-bond donors (Lipinski definition) is 2. The zero-order valence-electron chi connectivity index (χ0n) is 37.5. The fraction of sp³-hybridized carbons (Fsp3) is 0.393. The Labute approximate surface area is 383 Å². The van der Waals surface area contributed by atoms with Crippen LogP contribution in [-0.4, -0.2) is 65.0 Å². The van der Waals surface area contributed by atoms with Crippen molar-refractivity contribution in [3.8, 4) is 28.4 Å². The Bertz CT molecular complexity index is 2490.